The van der Waals surface area contributed by atoms with Gasteiger partial charge in [-0.25, -0.2) is 0 Å². The maximum Gasteiger partial charge on any atom is 0.306 e. The Morgan fingerprint density at radius 1 is 1.37 bits per heavy atom. The zero-order chi connectivity index (χ0) is 14.5. The summed E-state index contributed by atoms with van der Waals surface area (Å²) in [7, 11) is 0. The maximum atomic E-state index is 11.6. The van der Waals surface area contributed by atoms with Crippen LogP contribution in [0.5, 0.6) is 5.75 Å². The van der Waals surface area contributed by atoms with Gasteiger partial charge in [0.2, 0.25) is 0 Å². The minimum atomic E-state index is -0.420. The second kappa shape index (κ2) is 7.12. The van der Waals surface area contributed by atoms with E-state index in [1.54, 1.807) is 0 Å². The molecule has 0 aliphatic carbocycles. The van der Waals surface area contributed by atoms with Crippen LogP contribution >= 0.6 is 22.6 Å². The van der Waals surface area contributed by atoms with Crippen LogP contribution in [0.2, 0.25) is 0 Å². The van der Waals surface area contributed by atoms with Gasteiger partial charge in [0.05, 0.1) is 6.10 Å². The van der Waals surface area contributed by atoms with E-state index >= 15 is 0 Å². The zero-order valence-corrected chi connectivity index (χ0v) is 14.1. The Kier molecular flexibility index (Phi) is 6.10. The molecule has 0 aromatic heterocycles. The fraction of sp³-hybridized carbons (Fsp3) is 0.533. The standard InChI is InChI=1S/C15H21IO3/c1-11(8-9-14(17)19-15(2,3)4)18-13-7-5-6-12(16)10-13/h5-7,10-11H,8-9H2,1-4H3/t11-/m1/s1. The first kappa shape index (κ1) is 16.3. The van der Waals surface area contributed by atoms with Crippen LogP contribution in [-0.2, 0) is 9.53 Å². The van der Waals surface area contributed by atoms with Crippen LogP contribution in [0.4, 0.5) is 0 Å². The van der Waals surface area contributed by atoms with Gasteiger partial charge in [-0.1, -0.05) is 6.07 Å². The van der Waals surface area contributed by atoms with Crippen molar-refractivity contribution in [2.24, 2.45) is 0 Å². The molecule has 1 rings (SSSR count). The van der Waals surface area contributed by atoms with E-state index in [2.05, 4.69) is 22.6 Å². The molecule has 0 N–H and O–H groups in total. The summed E-state index contributed by atoms with van der Waals surface area (Å²) in [5.74, 6) is 0.661. The van der Waals surface area contributed by atoms with Gasteiger partial charge in [0.1, 0.15) is 11.4 Å². The van der Waals surface area contributed by atoms with Crippen molar-refractivity contribution in [1.29, 1.82) is 0 Å². The van der Waals surface area contributed by atoms with Gasteiger partial charge in [0, 0.05) is 9.99 Å². The molecule has 19 heavy (non-hydrogen) atoms. The lowest BCUT2D eigenvalue weighted by Crippen LogP contribution is -2.25. The minimum Gasteiger partial charge on any atom is -0.491 e. The summed E-state index contributed by atoms with van der Waals surface area (Å²) >= 11 is 2.24. The first-order chi connectivity index (χ1) is 8.76. The Hall–Kier alpha value is -0.780. The number of benzene rings is 1. The third-order valence-corrected chi connectivity index (χ3v) is 2.98. The van der Waals surface area contributed by atoms with E-state index in [0.29, 0.717) is 12.8 Å². The molecular weight excluding hydrogens is 355 g/mol. The lowest BCUT2D eigenvalue weighted by Gasteiger charge is -2.20. The van der Waals surface area contributed by atoms with Crippen molar-refractivity contribution in [3.63, 3.8) is 0 Å². The second-order valence-corrected chi connectivity index (χ2v) is 6.76. The molecule has 0 heterocycles. The highest BCUT2D eigenvalue weighted by atomic mass is 127. The average Bonchev–Trinajstić information content (AvgIpc) is 2.24. The van der Waals surface area contributed by atoms with E-state index in [9.17, 15) is 4.79 Å². The van der Waals surface area contributed by atoms with Crippen LogP contribution in [0.25, 0.3) is 0 Å². The first-order valence-electron chi connectivity index (χ1n) is 6.40. The van der Waals surface area contributed by atoms with Crippen LogP contribution in [-0.4, -0.2) is 17.7 Å². The molecule has 0 radical (unpaired) electrons. The van der Waals surface area contributed by atoms with Crippen molar-refractivity contribution in [3.8, 4) is 5.75 Å². The maximum absolute atomic E-state index is 11.6. The Labute approximate surface area is 128 Å². The van der Waals surface area contributed by atoms with Crippen LogP contribution < -0.4 is 4.74 Å². The summed E-state index contributed by atoms with van der Waals surface area (Å²) in [5, 5.41) is 0. The topological polar surface area (TPSA) is 35.5 Å². The van der Waals surface area contributed by atoms with Crippen LogP contribution in [0.15, 0.2) is 24.3 Å². The normalized spacial score (nSPS) is 12.9. The molecule has 0 aliphatic heterocycles. The molecule has 0 aliphatic rings. The zero-order valence-electron chi connectivity index (χ0n) is 11.9. The van der Waals surface area contributed by atoms with Crippen molar-refractivity contribution >= 4 is 28.6 Å². The van der Waals surface area contributed by atoms with Gasteiger partial charge in [0.15, 0.2) is 0 Å². The van der Waals surface area contributed by atoms with Crippen molar-refractivity contribution in [3.05, 3.63) is 27.8 Å². The number of rotatable bonds is 5. The molecule has 106 valence electrons. The number of esters is 1. The highest BCUT2D eigenvalue weighted by Crippen LogP contribution is 2.18. The summed E-state index contributed by atoms with van der Waals surface area (Å²) in [6.07, 6.45) is 1.02. The SMILES string of the molecule is C[C@H](CCC(=O)OC(C)(C)C)Oc1cccc(I)c1. The van der Waals surface area contributed by atoms with Crippen molar-refractivity contribution in [2.45, 2.75) is 52.2 Å². The number of carbonyl (C=O) groups excluding carboxylic acids is 1. The number of hydrogen-bond acceptors (Lipinski definition) is 3. The molecule has 1 atom stereocenters. The second-order valence-electron chi connectivity index (χ2n) is 5.51. The van der Waals surface area contributed by atoms with Gasteiger partial charge >= 0.3 is 5.97 Å². The fourth-order valence-electron chi connectivity index (χ4n) is 1.55. The Balaban J connectivity index is 2.36. The summed E-state index contributed by atoms with van der Waals surface area (Å²) in [5.41, 5.74) is -0.420. The summed E-state index contributed by atoms with van der Waals surface area (Å²) in [6.45, 7) is 7.58. The Morgan fingerprint density at radius 3 is 2.63 bits per heavy atom. The lowest BCUT2D eigenvalue weighted by molar-refractivity contribution is -0.155. The highest BCUT2D eigenvalue weighted by molar-refractivity contribution is 14.1. The van der Waals surface area contributed by atoms with Crippen LogP contribution in [0.3, 0.4) is 0 Å². The van der Waals surface area contributed by atoms with E-state index in [4.69, 9.17) is 9.47 Å². The van der Waals surface area contributed by atoms with E-state index in [1.165, 1.54) is 0 Å². The van der Waals surface area contributed by atoms with Gasteiger partial charge < -0.3 is 9.47 Å². The van der Waals surface area contributed by atoms with Crippen molar-refractivity contribution in [1.82, 2.24) is 0 Å². The smallest absolute Gasteiger partial charge is 0.306 e. The predicted octanol–water partition coefficient (Wildman–Crippen LogP) is 4.18. The van der Waals surface area contributed by atoms with Gasteiger partial charge in [-0.05, 0) is 74.9 Å². The Bertz CT molecular complexity index is 424. The molecular formula is C15H21IO3. The molecule has 0 spiro atoms. The Morgan fingerprint density at radius 2 is 2.05 bits per heavy atom. The van der Waals surface area contributed by atoms with Crippen molar-refractivity contribution < 1.29 is 14.3 Å². The monoisotopic (exact) mass is 376 g/mol. The van der Waals surface area contributed by atoms with Gasteiger partial charge in [-0.3, -0.25) is 4.79 Å². The molecule has 4 heteroatoms. The van der Waals surface area contributed by atoms with Gasteiger partial charge in [-0.2, -0.15) is 0 Å². The number of hydrogen-bond donors (Lipinski definition) is 0. The summed E-state index contributed by atoms with van der Waals surface area (Å²) < 4.78 is 12.2. The number of halogens is 1. The molecule has 0 bridgehead atoms. The summed E-state index contributed by atoms with van der Waals surface area (Å²) in [4.78, 5) is 11.6. The molecule has 0 saturated heterocycles. The molecule has 0 saturated carbocycles. The number of ether oxygens (including phenoxy) is 2. The molecule has 0 unspecified atom stereocenters. The van der Waals surface area contributed by atoms with Gasteiger partial charge in [-0.15, -0.1) is 0 Å². The molecule has 0 amide bonds. The number of carbonyl (C=O) groups is 1. The summed E-state index contributed by atoms with van der Waals surface area (Å²) in [6, 6.07) is 7.87. The third kappa shape index (κ3) is 7.40. The van der Waals surface area contributed by atoms with E-state index in [-0.39, 0.29) is 12.1 Å². The van der Waals surface area contributed by atoms with E-state index in [1.807, 2.05) is 52.0 Å². The predicted molar refractivity (Wildman–Crippen MR) is 84.3 cm³/mol. The van der Waals surface area contributed by atoms with Crippen molar-refractivity contribution in [2.75, 3.05) is 0 Å². The molecule has 0 fully saturated rings. The van der Waals surface area contributed by atoms with Gasteiger partial charge in [0.25, 0.3) is 0 Å². The molecule has 1 aromatic rings. The highest BCUT2D eigenvalue weighted by Gasteiger charge is 2.17. The first-order valence-corrected chi connectivity index (χ1v) is 7.48. The third-order valence-electron chi connectivity index (χ3n) is 2.31. The molecule has 1 aromatic carbocycles. The average molecular weight is 376 g/mol. The quantitative estimate of drug-likeness (QED) is 0.571. The minimum absolute atomic E-state index is 0.00859. The van der Waals surface area contributed by atoms with E-state index in [0.717, 1.165) is 9.32 Å². The largest absolute Gasteiger partial charge is 0.491 e. The molecule has 3 nitrogen and oxygen atoms in total. The fourth-order valence-corrected chi connectivity index (χ4v) is 2.06. The van der Waals surface area contributed by atoms with E-state index < -0.39 is 5.60 Å². The lowest BCUT2D eigenvalue weighted by atomic mass is 10.2. The van der Waals surface area contributed by atoms with Crippen LogP contribution in [0, 0.1) is 3.57 Å². The van der Waals surface area contributed by atoms with Crippen LogP contribution in [0.1, 0.15) is 40.5 Å².